The van der Waals surface area contributed by atoms with E-state index >= 15 is 0 Å². The van der Waals surface area contributed by atoms with Gasteiger partial charge >= 0.3 is 5.97 Å². The summed E-state index contributed by atoms with van der Waals surface area (Å²) < 4.78 is 7.27. The molecule has 0 atom stereocenters. The second kappa shape index (κ2) is 8.89. The third-order valence-corrected chi connectivity index (χ3v) is 5.28. The highest BCUT2D eigenvalue weighted by Gasteiger charge is 2.15. The van der Waals surface area contributed by atoms with Crippen molar-refractivity contribution in [1.29, 1.82) is 0 Å². The highest BCUT2D eigenvalue weighted by Crippen LogP contribution is 2.22. The van der Waals surface area contributed by atoms with E-state index in [0.717, 1.165) is 17.1 Å². The van der Waals surface area contributed by atoms with Crippen molar-refractivity contribution in [1.82, 2.24) is 9.88 Å². The van der Waals surface area contributed by atoms with Crippen LogP contribution in [0.1, 0.15) is 53.8 Å². The fourth-order valence-corrected chi connectivity index (χ4v) is 3.74. The van der Waals surface area contributed by atoms with Crippen molar-refractivity contribution in [2.75, 3.05) is 13.2 Å². The number of aromatic nitrogens is 1. The molecule has 0 aliphatic heterocycles. The zero-order valence-electron chi connectivity index (χ0n) is 16.2. The van der Waals surface area contributed by atoms with Gasteiger partial charge in [-0.05, 0) is 69.0 Å². The molecule has 0 saturated heterocycles. The van der Waals surface area contributed by atoms with Crippen molar-refractivity contribution < 1.29 is 14.3 Å². The number of nitrogens with one attached hydrogen (secondary N) is 1. The highest BCUT2D eigenvalue weighted by molar-refractivity contribution is 5.91. The molecule has 2 aromatic rings. The molecule has 0 unspecified atom stereocenters. The van der Waals surface area contributed by atoms with Crippen LogP contribution in [0.4, 0.5) is 0 Å². The number of esters is 1. The van der Waals surface area contributed by atoms with Gasteiger partial charge in [-0.1, -0.05) is 19.3 Å². The zero-order chi connectivity index (χ0) is 19.2. The SMILES string of the molecule is Cc1ccc(C)n1-c1ccc(C(=O)OCC(=O)NCC2CCCCC2)cc1. The topological polar surface area (TPSA) is 60.3 Å². The van der Waals surface area contributed by atoms with Crippen molar-refractivity contribution in [3.63, 3.8) is 0 Å². The Balaban J connectivity index is 1.48. The largest absolute Gasteiger partial charge is 0.452 e. The minimum atomic E-state index is -0.477. The Kier molecular flexibility index (Phi) is 6.32. The molecule has 1 amide bonds. The van der Waals surface area contributed by atoms with E-state index in [1.807, 2.05) is 26.0 Å². The number of hydrogen-bond donors (Lipinski definition) is 1. The Morgan fingerprint density at radius 3 is 2.26 bits per heavy atom. The van der Waals surface area contributed by atoms with Crippen LogP contribution in [0.3, 0.4) is 0 Å². The predicted octanol–water partition coefficient (Wildman–Crippen LogP) is 3.95. The summed E-state index contributed by atoms with van der Waals surface area (Å²) >= 11 is 0. The maximum Gasteiger partial charge on any atom is 0.338 e. The molecule has 1 aliphatic carbocycles. The summed E-state index contributed by atoms with van der Waals surface area (Å²) in [5, 5.41) is 2.88. The molecule has 1 N–H and O–H groups in total. The van der Waals surface area contributed by atoms with E-state index in [1.54, 1.807) is 12.1 Å². The van der Waals surface area contributed by atoms with Gasteiger partial charge in [0.2, 0.25) is 0 Å². The van der Waals surface area contributed by atoms with Crippen LogP contribution in [0.15, 0.2) is 36.4 Å². The van der Waals surface area contributed by atoms with E-state index in [2.05, 4.69) is 22.0 Å². The quantitative estimate of drug-likeness (QED) is 0.786. The Hall–Kier alpha value is -2.56. The molecule has 5 nitrogen and oxygen atoms in total. The molecule has 144 valence electrons. The van der Waals surface area contributed by atoms with Crippen molar-refractivity contribution >= 4 is 11.9 Å². The summed E-state index contributed by atoms with van der Waals surface area (Å²) in [5.41, 5.74) is 3.72. The van der Waals surface area contributed by atoms with E-state index in [4.69, 9.17) is 4.74 Å². The third-order valence-electron chi connectivity index (χ3n) is 5.28. The average molecular weight is 368 g/mol. The minimum Gasteiger partial charge on any atom is -0.452 e. The Morgan fingerprint density at radius 1 is 1.00 bits per heavy atom. The summed E-state index contributed by atoms with van der Waals surface area (Å²) in [5.74, 6) is -0.147. The Morgan fingerprint density at radius 2 is 1.63 bits per heavy atom. The molecule has 1 aliphatic rings. The number of benzene rings is 1. The van der Waals surface area contributed by atoms with Gasteiger partial charge in [-0.2, -0.15) is 0 Å². The van der Waals surface area contributed by atoms with Crippen LogP contribution in [0.25, 0.3) is 5.69 Å². The van der Waals surface area contributed by atoms with Crippen LogP contribution in [0.2, 0.25) is 0 Å². The van der Waals surface area contributed by atoms with E-state index in [0.29, 0.717) is 18.0 Å². The molecule has 5 heteroatoms. The van der Waals surface area contributed by atoms with E-state index in [1.165, 1.54) is 32.1 Å². The van der Waals surface area contributed by atoms with E-state index < -0.39 is 5.97 Å². The molecule has 1 fully saturated rings. The normalized spacial score (nSPS) is 14.7. The molecular weight excluding hydrogens is 340 g/mol. The molecule has 0 bridgehead atoms. The molecule has 1 aromatic heterocycles. The van der Waals surface area contributed by atoms with Crippen LogP contribution in [0, 0.1) is 19.8 Å². The number of amides is 1. The molecular formula is C22H28N2O3. The molecule has 0 radical (unpaired) electrons. The third kappa shape index (κ3) is 5.00. The molecule has 3 rings (SSSR count). The van der Waals surface area contributed by atoms with Gasteiger partial charge in [0, 0.05) is 23.6 Å². The van der Waals surface area contributed by atoms with Crippen LogP contribution < -0.4 is 5.32 Å². The van der Waals surface area contributed by atoms with Gasteiger partial charge in [-0.15, -0.1) is 0 Å². The lowest BCUT2D eigenvalue weighted by atomic mass is 9.89. The van der Waals surface area contributed by atoms with Crippen LogP contribution in [-0.4, -0.2) is 29.6 Å². The number of rotatable bonds is 6. The highest BCUT2D eigenvalue weighted by atomic mass is 16.5. The average Bonchev–Trinajstić information content (AvgIpc) is 3.03. The molecule has 27 heavy (non-hydrogen) atoms. The van der Waals surface area contributed by atoms with Crippen LogP contribution >= 0.6 is 0 Å². The van der Waals surface area contributed by atoms with Crippen LogP contribution in [-0.2, 0) is 9.53 Å². The number of hydrogen-bond acceptors (Lipinski definition) is 3. The van der Waals surface area contributed by atoms with Gasteiger partial charge in [-0.3, -0.25) is 4.79 Å². The zero-order valence-corrected chi connectivity index (χ0v) is 16.2. The lowest BCUT2D eigenvalue weighted by Gasteiger charge is -2.21. The lowest BCUT2D eigenvalue weighted by molar-refractivity contribution is -0.124. The first kappa shape index (κ1) is 19.2. The lowest BCUT2D eigenvalue weighted by Crippen LogP contribution is -2.33. The second-order valence-corrected chi connectivity index (χ2v) is 7.38. The smallest absolute Gasteiger partial charge is 0.338 e. The maximum absolute atomic E-state index is 12.2. The summed E-state index contributed by atoms with van der Waals surface area (Å²) in [6.07, 6.45) is 6.13. The molecule has 1 heterocycles. The first-order valence-corrected chi connectivity index (χ1v) is 9.74. The minimum absolute atomic E-state index is 0.232. The summed E-state index contributed by atoms with van der Waals surface area (Å²) in [6, 6.07) is 11.4. The summed E-state index contributed by atoms with van der Waals surface area (Å²) in [7, 11) is 0. The van der Waals surface area contributed by atoms with Crippen molar-refractivity contribution in [2.24, 2.45) is 5.92 Å². The predicted molar refractivity (Wildman–Crippen MR) is 105 cm³/mol. The van der Waals surface area contributed by atoms with Crippen molar-refractivity contribution in [3.8, 4) is 5.69 Å². The summed E-state index contributed by atoms with van der Waals surface area (Å²) in [6.45, 7) is 4.53. The number of carbonyl (C=O) groups excluding carboxylic acids is 2. The van der Waals surface area contributed by atoms with E-state index in [-0.39, 0.29) is 12.5 Å². The molecule has 0 spiro atoms. The number of carbonyl (C=O) groups is 2. The van der Waals surface area contributed by atoms with Gasteiger partial charge in [0.15, 0.2) is 6.61 Å². The first-order valence-electron chi connectivity index (χ1n) is 9.74. The standard InChI is InChI=1S/C22H28N2O3/c1-16-8-9-17(2)24(16)20-12-10-19(11-13-20)22(26)27-15-21(25)23-14-18-6-4-3-5-7-18/h8-13,18H,3-7,14-15H2,1-2H3,(H,23,25). The number of aryl methyl sites for hydroxylation is 2. The fourth-order valence-electron chi connectivity index (χ4n) is 3.74. The monoisotopic (exact) mass is 368 g/mol. The summed E-state index contributed by atoms with van der Waals surface area (Å²) in [4.78, 5) is 24.1. The first-order chi connectivity index (χ1) is 13.0. The van der Waals surface area contributed by atoms with Crippen LogP contribution in [0.5, 0.6) is 0 Å². The van der Waals surface area contributed by atoms with Gasteiger partial charge in [-0.25, -0.2) is 4.79 Å². The van der Waals surface area contributed by atoms with Crippen molar-refractivity contribution in [2.45, 2.75) is 46.0 Å². The molecule has 1 aromatic carbocycles. The van der Waals surface area contributed by atoms with Gasteiger partial charge < -0.3 is 14.6 Å². The second-order valence-electron chi connectivity index (χ2n) is 7.38. The van der Waals surface area contributed by atoms with Gasteiger partial charge in [0.1, 0.15) is 0 Å². The maximum atomic E-state index is 12.2. The fraction of sp³-hybridized carbons (Fsp3) is 0.455. The Labute approximate surface area is 160 Å². The van der Waals surface area contributed by atoms with Gasteiger partial charge in [0.25, 0.3) is 5.91 Å². The number of nitrogens with zero attached hydrogens (tertiary/aromatic N) is 1. The van der Waals surface area contributed by atoms with Gasteiger partial charge in [0.05, 0.1) is 5.56 Å². The number of ether oxygens (including phenoxy) is 1. The Bertz CT molecular complexity index is 767. The van der Waals surface area contributed by atoms with Crippen molar-refractivity contribution in [3.05, 3.63) is 53.3 Å². The van der Waals surface area contributed by atoms with E-state index in [9.17, 15) is 9.59 Å². The molecule has 1 saturated carbocycles.